The van der Waals surface area contributed by atoms with Crippen molar-refractivity contribution in [2.75, 3.05) is 23.7 Å². The molecule has 0 aliphatic carbocycles. The van der Waals surface area contributed by atoms with Crippen LogP contribution in [0.25, 0.3) is 0 Å². The van der Waals surface area contributed by atoms with Crippen molar-refractivity contribution in [1.29, 1.82) is 0 Å². The molecule has 6 nitrogen and oxygen atoms in total. The van der Waals surface area contributed by atoms with E-state index in [9.17, 15) is 9.90 Å². The number of pyridine rings is 1. The lowest BCUT2D eigenvalue weighted by molar-refractivity contribution is -0.125. The lowest BCUT2D eigenvalue weighted by Crippen LogP contribution is -2.34. The number of aliphatic hydroxyl groups excluding tert-OH is 1. The number of nitrogens with one attached hydrogen (secondary N) is 2. The van der Waals surface area contributed by atoms with Crippen LogP contribution in [0.1, 0.15) is 13.3 Å². The topological polar surface area (TPSA) is 100 Å². The summed E-state index contributed by atoms with van der Waals surface area (Å²) in [5.41, 5.74) is 6.56. The van der Waals surface area contributed by atoms with Gasteiger partial charge >= 0.3 is 0 Å². The first-order valence-electron chi connectivity index (χ1n) is 5.53. The summed E-state index contributed by atoms with van der Waals surface area (Å²) >= 11 is 0. The predicted octanol–water partition coefficient (Wildman–Crippen LogP) is 0.162. The van der Waals surface area contributed by atoms with E-state index in [1.54, 1.807) is 12.4 Å². The van der Waals surface area contributed by atoms with Crippen LogP contribution in [0, 0.1) is 0 Å². The minimum absolute atomic E-state index is 0.0776. The van der Waals surface area contributed by atoms with Gasteiger partial charge in [0.1, 0.15) is 6.10 Å². The molecule has 0 fully saturated rings. The Morgan fingerprint density at radius 3 is 2.71 bits per heavy atom. The molecule has 17 heavy (non-hydrogen) atoms. The molecular formula is C11H18N4O2. The molecular weight excluding hydrogens is 220 g/mol. The van der Waals surface area contributed by atoms with Crippen LogP contribution in [0.5, 0.6) is 0 Å². The zero-order valence-electron chi connectivity index (χ0n) is 9.81. The minimum Gasteiger partial charge on any atom is -0.384 e. The molecule has 0 aromatic carbocycles. The Labute approximate surface area is 100 Å². The molecule has 0 aliphatic rings. The number of carbonyl (C=O) groups excluding carboxylic acids is 1. The number of carbonyl (C=O) groups is 1. The van der Waals surface area contributed by atoms with Gasteiger partial charge in [0.15, 0.2) is 0 Å². The molecule has 1 amide bonds. The molecule has 94 valence electrons. The van der Waals surface area contributed by atoms with Gasteiger partial charge in [-0.2, -0.15) is 0 Å². The first kappa shape index (κ1) is 13.2. The fraction of sp³-hybridized carbons (Fsp3) is 0.455. The van der Waals surface area contributed by atoms with Gasteiger partial charge in [-0.1, -0.05) is 6.92 Å². The highest BCUT2D eigenvalue weighted by atomic mass is 16.3. The van der Waals surface area contributed by atoms with E-state index in [0.717, 1.165) is 24.3 Å². The summed E-state index contributed by atoms with van der Waals surface area (Å²) in [6.07, 6.45) is 3.16. The number of rotatable bonds is 7. The van der Waals surface area contributed by atoms with Crippen molar-refractivity contribution in [2.24, 2.45) is 5.73 Å². The highest BCUT2D eigenvalue weighted by Crippen LogP contribution is 2.12. The third-order valence-electron chi connectivity index (χ3n) is 2.15. The SMILES string of the molecule is CCCNc1cncc(NCC(O)C(N)=O)c1. The van der Waals surface area contributed by atoms with Crippen molar-refractivity contribution in [2.45, 2.75) is 19.4 Å². The number of anilines is 2. The lowest BCUT2D eigenvalue weighted by atomic mass is 10.3. The van der Waals surface area contributed by atoms with E-state index in [1.165, 1.54) is 0 Å². The van der Waals surface area contributed by atoms with E-state index in [1.807, 2.05) is 6.07 Å². The summed E-state index contributed by atoms with van der Waals surface area (Å²) in [5, 5.41) is 15.3. The van der Waals surface area contributed by atoms with Gasteiger partial charge in [0.2, 0.25) is 5.91 Å². The van der Waals surface area contributed by atoms with Gasteiger partial charge in [0, 0.05) is 13.1 Å². The Morgan fingerprint density at radius 2 is 2.12 bits per heavy atom. The number of hydrogen-bond donors (Lipinski definition) is 4. The molecule has 0 spiro atoms. The largest absolute Gasteiger partial charge is 0.384 e. The minimum atomic E-state index is -1.19. The van der Waals surface area contributed by atoms with Crippen LogP contribution in [-0.4, -0.2) is 35.2 Å². The number of amides is 1. The molecule has 1 atom stereocenters. The van der Waals surface area contributed by atoms with Gasteiger partial charge in [-0.3, -0.25) is 9.78 Å². The van der Waals surface area contributed by atoms with Gasteiger partial charge in [0.25, 0.3) is 0 Å². The highest BCUT2D eigenvalue weighted by molar-refractivity contribution is 5.79. The van der Waals surface area contributed by atoms with Crippen LogP contribution < -0.4 is 16.4 Å². The number of nitrogens with two attached hydrogens (primary N) is 1. The van der Waals surface area contributed by atoms with Gasteiger partial charge in [0.05, 0.1) is 23.8 Å². The third-order valence-corrected chi connectivity index (χ3v) is 2.15. The number of aliphatic hydroxyl groups is 1. The first-order chi connectivity index (χ1) is 8.13. The zero-order valence-corrected chi connectivity index (χ0v) is 9.81. The summed E-state index contributed by atoms with van der Waals surface area (Å²) in [5.74, 6) is -0.745. The summed E-state index contributed by atoms with van der Waals surface area (Å²) in [6.45, 7) is 3.02. The maximum atomic E-state index is 10.6. The molecule has 5 N–H and O–H groups in total. The second-order valence-electron chi connectivity index (χ2n) is 3.69. The van der Waals surface area contributed by atoms with Crippen LogP contribution in [0.3, 0.4) is 0 Å². The number of nitrogens with zero attached hydrogens (tertiary/aromatic N) is 1. The molecule has 6 heteroatoms. The van der Waals surface area contributed by atoms with Gasteiger partial charge < -0.3 is 21.5 Å². The molecule has 1 aromatic rings. The summed E-state index contributed by atoms with van der Waals surface area (Å²) in [4.78, 5) is 14.7. The Kier molecular flexibility index (Phi) is 5.22. The van der Waals surface area contributed by atoms with Gasteiger partial charge in [-0.15, -0.1) is 0 Å². The van der Waals surface area contributed by atoms with Crippen molar-refractivity contribution in [3.05, 3.63) is 18.5 Å². The van der Waals surface area contributed by atoms with E-state index >= 15 is 0 Å². The second-order valence-corrected chi connectivity index (χ2v) is 3.69. The lowest BCUT2D eigenvalue weighted by Gasteiger charge is -2.11. The Bertz CT molecular complexity index is 370. The average Bonchev–Trinajstić information content (AvgIpc) is 2.33. The zero-order chi connectivity index (χ0) is 12.7. The van der Waals surface area contributed by atoms with Gasteiger partial charge in [-0.25, -0.2) is 0 Å². The molecule has 1 unspecified atom stereocenters. The third kappa shape index (κ3) is 4.69. The Hall–Kier alpha value is -1.82. The average molecular weight is 238 g/mol. The normalized spacial score (nSPS) is 11.9. The van der Waals surface area contributed by atoms with Crippen molar-refractivity contribution in [3.8, 4) is 0 Å². The van der Waals surface area contributed by atoms with Gasteiger partial charge in [-0.05, 0) is 12.5 Å². The van der Waals surface area contributed by atoms with Crippen molar-refractivity contribution < 1.29 is 9.90 Å². The van der Waals surface area contributed by atoms with Crippen LogP contribution in [0.2, 0.25) is 0 Å². The monoisotopic (exact) mass is 238 g/mol. The molecule has 0 radical (unpaired) electrons. The molecule has 0 aliphatic heterocycles. The quantitative estimate of drug-likeness (QED) is 0.542. The standard InChI is InChI=1S/C11H18N4O2/c1-2-3-14-8-4-9(6-13-5-8)15-7-10(16)11(12)17/h4-6,10,14-16H,2-3,7H2,1H3,(H2,12,17). The van der Waals surface area contributed by atoms with E-state index < -0.39 is 12.0 Å². The van der Waals surface area contributed by atoms with E-state index in [4.69, 9.17) is 5.73 Å². The fourth-order valence-electron chi connectivity index (χ4n) is 1.22. The Balaban J connectivity index is 2.50. The van der Waals surface area contributed by atoms with E-state index in [2.05, 4.69) is 22.5 Å². The molecule has 0 saturated carbocycles. The molecule has 0 saturated heterocycles. The summed E-state index contributed by atoms with van der Waals surface area (Å²) in [7, 11) is 0. The fourth-order valence-corrected chi connectivity index (χ4v) is 1.22. The molecule has 0 bridgehead atoms. The number of primary amides is 1. The van der Waals surface area contributed by atoms with Crippen LogP contribution in [0.4, 0.5) is 11.4 Å². The first-order valence-corrected chi connectivity index (χ1v) is 5.53. The van der Waals surface area contributed by atoms with E-state index in [0.29, 0.717) is 0 Å². The van der Waals surface area contributed by atoms with Crippen molar-refractivity contribution in [3.63, 3.8) is 0 Å². The maximum Gasteiger partial charge on any atom is 0.248 e. The van der Waals surface area contributed by atoms with Crippen molar-refractivity contribution in [1.82, 2.24) is 4.98 Å². The predicted molar refractivity (Wildman–Crippen MR) is 66.7 cm³/mol. The van der Waals surface area contributed by atoms with Crippen LogP contribution >= 0.6 is 0 Å². The van der Waals surface area contributed by atoms with E-state index in [-0.39, 0.29) is 6.54 Å². The van der Waals surface area contributed by atoms with Crippen LogP contribution in [-0.2, 0) is 4.79 Å². The smallest absolute Gasteiger partial charge is 0.248 e. The van der Waals surface area contributed by atoms with Crippen molar-refractivity contribution >= 4 is 17.3 Å². The molecule has 1 aromatic heterocycles. The highest BCUT2D eigenvalue weighted by Gasteiger charge is 2.09. The second kappa shape index (κ2) is 6.70. The number of aromatic nitrogens is 1. The molecule has 1 heterocycles. The maximum absolute atomic E-state index is 10.6. The Morgan fingerprint density at radius 1 is 1.47 bits per heavy atom. The molecule has 1 rings (SSSR count). The summed E-state index contributed by atoms with van der Waals surface area (Å²) in [6, 6.07) is 1.86. The summed E-state index contributed by atoms with van der Waals surface area (Å²) < 4.78 is 0. The van der Waals surface area contributed by atoms with Crippen LogP contribution in [0.15, 0.2) is 18.5 Å². The number of hydrogen-bond acceptors (Lipinski definition) is 5.